The minimum absolute atomic E-state index is 0.719. The smallest absolute Gasteiger partial charge is 0.0431 e. The third kappa shape index (κ3) is 2.88. The van der Waals surface area contributed by atoms with Crippen LogP contribution in [-0.2, 0) is 0 Å². The van der Waals surface area contributed by atoms with Gasteiger partial charge in [-0.05, 0) is 12.0 Å². The SMILES string of the molecule is C=C/C(Cl)=C(\C=C)CCC. The maximum Gasteiger partial charge on any atom is 0.0431 e. The number of hydrogen-bond donors (Lipinski definition) is 0. The van der Waals surface area contributed by atoms with E-state index < -0.39 is 0 Å². The molecule has 0 atom stereocenters. The van der Waals surface area contributed by atoms with E-state index in [1.807, 2.05) is 0 Å². The Morgan fingerprint density at radius 3 is 2.30 bits per heavy atom. The van der Waals surface area contributed by atoms with E-state index in [9.17, 15) is 0 Å². The van der Waals surface area contributed by atoms with Crippen molar-refractivity contribution in [2.45, 2.75) is 19.8 Å². The van der Waals surface area contributed by atoms with Crippen LogP contribution in [-0.4, -0.2) is 0 Å². The fraction of sp³-hybridized carbons (Fsp3) is 0.333. The molecule has 0 aromatic heterocycles. The molecule has 0 unspecified atom stereocenters. The highest BCUT2D eigenvalue weighted by Gasteiger charge is 1.94. The Labute approximate surface area is 67.9 Å². The summed E-state index contributed by atoms with van der Waals surface area (Å²) in [7, 11) is 0. The Kier molecular flexibility index (Phi) is 5.05. The van der Waals surface area contributed by atoms with Crippen LogP contribution < -0.4 is 0 Å². The van der Waals surface area contributed by atoms with Crippen LogP contribution >= 0.6 is 11.6 Å². The summed E-state index contributed by atoms with van der Waals surface area (Å²) in [6.45, 7) is 9.34. The fourth-order valence-electron chi connectivity index (χ4n) is 0.719. The van der Waals surface area contributed by atoms with Crippen molar-refractivity contribution in [2.75, 3.05) is 0 Å². The first kappa shape index (κ1) is 9.51. The van der Waals surface area contributed by atoms with Gasteiger partial charge >= 0.3 is 0 Å². The van der Waals surface area contributed by atoms with Gasteiger partial charge in [-0.1, -0.05) is 50.3 Å². The molecule has 0 radical (unpaired) electrons. The van der Waals surface area contributed by atoms with Crippen molar-refractivity contribution in [1.82, 2.24) is 0 Å². The van der Waals surface area contributed by atoms with E-state index in [-0.39, 0.29) is 0 Å². The molecule has 0 aromatic carbocycles. The molecule has 0 rings (SSSR count). The summed E-state index contributed by atoms with van der Waals surface area (Å²) in [5.41, 5.74) is 1.08. The van der Waals surface area contributed by atoms with Gasteiger partial charge in [0.2, 0.25) is 0 Å². The first-order chi connectivity index (χ1) is 4.76. The minimum atomic E-state index is 0.719. The minimum Gasteiger partial charge on any atom is -0.0987 e. The summed E-state index contributed by atoms with van der Waals surface area (Å²) in [5, 5.41) is 0.719. The molecule has 0 aromatic rings. The summed E-state index contributed by atoms with van der Waals surface area (Å²) in [6.07, 6.45) is 5.50. The third-order valence-corrected chi connectivity index (χ3v) is 1.65. The van der Waals surface area contributed by atoms with Crippen LogP contribution in [0.2, 0.25) is 0 Å². The largest absolute Gasteiger partial charge is 0.0987 e. The zero-order valence-electron chi connectivity index (χ0n) is 6.36. The van der Waals surface area contributed by atoms with E-state index in [1.165, 1.54) is 0 Å². The molecular formula is C9H13Cl. The third-order valence-electron chi connectivity index (χ3n) is 1.25. The standard InChI is InChI=1S/C9H13Cl/c1-4-7-8(5-2)9(10)6-3/h5-6H,2-4,7H2,1H3/b9-8-. The van der Waals surface area contributed by atoms with Gasteiger partial charge in [0.25, 0.3) is 0 Å². The normalized spacial score (nSPS) is 12.2. The molecule has 0 saturated carbocycles. The number of halogens is 1. The van der Waals surface area contributed by atoms with Crippen molar-refractivity contribution < 1.29 is 0 Å². The molecule has 56 valence electrons. The lowest BCUT2D eigenvalue weighted by molar-refractivity contribution is 0.925. The molecule has 0 spiro atoms. The molecule has 0 saturated heterocycles. The lowest BCUT2D eigenvalue weighted by Gasteiger charge is -1.98. The second-order valence-electron chi connectivity index (χ2n) is 2.03. The van der Waals surface area contributed by atoms with Crippen molar-refractivity contribution in [3.05, 3.63) is 35.9 Å². The molecule has 0 nitrogen and oxygen atoms in total. The Morgan fingerprint density at radius 1 is 1.40 bits per heavy atom. The van der Waals surface area contributed by atoms with Crippen LogP contribution in [0.15, 0.2) is 35.9 Å². The summed E-state index contributed by atoms with van der Waals surface area (Å²) in [5.74, 6) is 0. The van der Waals surface area contributed by atoms with Gasteiger partial charge in [0.05, 0.1) is 0 Å². The molecule has 0 heterocycles. The molecule has 10 heavy (non-hydrogen) atoms. The van der Waals surface area contributed by atoms with Crippen LogP contribution in [0.4, 0.5) is 0 Å². The number of allylic oxidation sites excluding steroid dienone is 4. The fourth-order valence-corrected chi connectivity index (χ4v) is 0.891. The van der Waals surface area contributed by atoms with E-state index in [4.69, 9.17) is 11.6 Å². The average Bonchev–Trinajstić information content (AvgIpc) is 1.99. The molecular weight excluding hydrogens is 144 g/mol. The predicted molar refractivity (Wildman–Crippen MR) is 48.2 cm³/mol. The van der Waals surface area contributed by atoms with E-state index in [1.54, 1.807) is 12.2 Å². The Hall–Kier alpha value is -0.490. The van der Waals surface area contributed by atoms with Gasteiger partial charge in [-0.3, -0.25) is 0 Å². The van der Waals surface area contributed by atoms with Crippen molar-refractivity contribution in [2.24, 2.45) is 0 Å². The molecule has 0 fully saturated rings. The van der Waals surface area contributed by atoms with Gasteiger partial charge in [-0.15, -0.1) is 0 Å². The molecule has 0 N–H and O–H groups in total. The summed E-state index contributed by atoms with van der Waals surface area (Å²) < 4.78 is 0. The quantitative estimate of drug-likeness (QED) is 0.545. The number of hydrogen-bond acceptors (Lipinski definition) is 0. The topological polar surface area (TPSA) is 0 Å². The highest BCUT2D eigenvalue weighted by Crippen LogP contribution is 2.16. The monoisotopic (exact) mass is 156 g/mol. The molecule has 0 aliphatic heterocycles. The van der Waals surface area contributed by atoms with Crippen molar-refractivity contribution in [3.63, 3.8) is 0 Å². The van der Waals surface area contributed by atoms with Gasteiger partial charge < -0.3 is 0 Å². The van der Waals surface area contributed by atoms with Crippen LogP contribution in [0.3, 0.4) is 0 Å². The summed E-state index contributed by atoms with van der Waals surface area (Å²) in [4.78, 5) is 0. The van der Waals surface area contributed by atoms with Gasteiger partial charge in [-0.2, -0.15) is 0 Å². The first-order valence-corrected chi connectivity index (χ1v) is 3.77. The van der Waals surface area contributed by atoms with Crippen molar-refractivity contribution in [3.8, 4) is 0 Å². The molecule has 0 amide bonds. The zero-order valence-corrected chi connectivity index (χ0v) is 7.12. The first-order valence-electron chi connectivity index (χ1n) is 3.39. The molecule has 0 aliphatic carbocycles. The Morgan fingerprint density at radius 2 is 2.00 bits per heavy atom. The Bertz CT molecular complexity index is 154. The van der Waals surface area contributed by atoms with Crippen LogP contribution in [0.5, 0.6) is 0 Å². The van der Waals surface area contributed by atoms with Crippen LogP contribution in [0.25, 0.3) is 0 Å². The zero-order chi connectivity index (χ0) is 7.98. The second-order valence-corrected chi connectivity index (χ2v) is 2.44. The molecule has 0 aliphatic rings. The van der Waals surface area contributed by atoms with Gasteiger partial charge in [0.1, 0.15) is 0 Å². The van der Waals surface area contributed by atoms with Gasteiger partial charge in [0, 0.05) is 5.03 Å². The van der Waals surface area contributed by atoms with Gasteiger partial charge in [-0.25, -0.2) is 0 Å². The predicted octanol–water partition coefficient (Wildman–Crippen LogP) is 3.65. The second kappa shape index (κ2) is 5.31. The van der Waals surface area contributed by atoms with Crippen LogP contribution in [0, 0.1) is 0 Å². The summed E-state index contributed by atoms with van der Waals surface area (Å²) in [6, 6.07) is 0. The number of rotatable bonds is 4. The van der Waals surface area contributed by atoms with E-state index >= 15 is 0 Å². The summed E-state index contributed by atoms with van der Waals surface area (Å²) >= 11 is 5.80. The average molecular weight is 157 g/mol. The molecule has 1 heteroatoms. The maximum absolute atomic E-state index is 5.80. The lowest BCUT2D eigenvalue weighted by Crippen LogP contribution is -1.79. The highest BCUT2D eigenvalue weighted by molar-refractivity contribution is 6.31. The van der Waals surface area contributed by atoms with Crippen molar-refractivity contribution >= 4 is 11.6 Å². The lowest BCUT2D eigenvalue weighted by atomic mass is 10.1. The van der Waals surface area contributed by atoms with Crippen molar-refractivity contribution in [1.29, 1.82) is 0 Å². The van der Waals surface area contributed by atoms with E-state index in [0.29, 0.717) is 0 Å². The van der Waals surface area contributed by atoms with Gasteiger partial charge in [0.15, 0.2) is 0 Å². The maximum atomic E-state index is 5.80. The van der Waals surface area contributed by atoms with E-state index in [0.717, 1.165) is 23.4 Å². The molecule has 0 bridgehead atoms. The van der Waals surface area contributed by atoms with E-state index in [2.05, 4.69) is 20.1 Å². The highest BCUT2D eigenvalue weighted by atomic mass is 35.5. The van der Waals surface area contributed by atoms with Crippen LogP contribution in [0.1, 0.15) is 19.8 Å². The Balaban J connectivity index is 4.28.